The number of anilines is 1. The molecule has 8 heteroatoms. The molecule has 1 aromatic heterocycles. The van der Waals surface area contributed by atoms with Crippen molar-refractivity contribution in [3.8, 4) is 16.9 Å². The van der Waals surface area contributed by atoms with E-state index in [1.165, 1.54) is 16.7 Å². The SMILES string of the molecule is C[C@H](CO)N1C[C@H](C)[C@@H](CN(C)Cc2ccc(-c3ccccc3)cc2)Oc2ccc(NC(=O)Cc3cn(C)c4ccccc34)cc2CC1=O. The molecule has 0 spiro atoms. The van der Waals surface area contributed by atoms with Crippen molar-refractivity contribution in [2.45, 2.75) is 45.4 Å². The summed E-state index contributed by atoms with van der Waals surface area (Å²) < 4.78 is 8.77. The fourth-order valence-electron chi connectivity index (χ4n) is 6.79. The molecule has 2 heterocycles. The number of hydrogen-bond acceptors (Lipinski definition) is 5. The summed E-state index contributed by atoms with van der Waals surface area (Å²) in [6.45, 7) is 5.69. The van der Waals surface area contributed by atoms with E-state index in [0.29, 0.717) is 30.1 Å². The molecular weight excluding hydrogens is 612 g/mol. The molecule has 4 aromatic carbocycles. The van der Waals surface area contributed by atoms with Gasteiger partial charge >= 0.3 is 0 Å². The van der Waals surface area contributed by atoms with Crippen molar-refractivity contribution in [3.63, 3.8) is 0 Å². The molecule has 0 saturated heterocycles. The molecular formula is C41H46N4O4. The highest BCUT2D eigenvalue weighted by molar-refractivity contribution is 5.96. The fraction of sp³-hybridized carbons (Fsp3) is 0.317. The van der Waals surface area contributed by atoms with E-state index in [-0.39, 0.29) is 49.3 Å². The van der Waals surface area contributed by atoms with Gasteiger partial charge in [0.15, 0.2) is 0 Å². The van der Waals surface area contributed by atoms with Crippen LogP contribution in [-0.4, -0.2) is 70.2 Å². The van der Waals surface area contributed by atoms with E-state index in [1.807, 2.05) is 85.4 Å². The number of aryl methyl sites for hydroxylation is 1. The van der Waals surface area contributed by atoms with E-state index in [2.05, 4.69) is 60.6 Å². The van der Waals surface area contributed by atoms with Gasteiger partial charge in [-0.15, -0.1) is 0 Å². The molecule has 3 atom stereocenters. The van der Waals surface area contributed by atoms with Gasteiger partial charge < -0.3 is 24.6 Å². The molecule has 2 N–H and O–H groups in total. The number of nitrogens with one attached hydrogen (secondary N) is 1. The molecule has 8 nitrogen and oxygen atoms in total. The van der Waals surface area contributed by atoms with Crippen molar-refractivity contribution in [2.75, 3.05) is 32.1 Å². The van der Waals surface area contributed by atoms with Crippen LogP contribution >= 0.6 is 0 Å². The normalized spacial score (nSPS) is 17.2. The molecule has 0 radical (unpaired) electrons. The second kappa shape index (κ2) is 15.1. The van der Waals surface area contributed by atoms with Crippen LogP contribution in [0.3, 0.4) is 0 Å². The molecule has 0 bridgehead atoms. The van der Waals surface area contributed by atoms with Crippen LogP contribution in [-0.2, 0) is 36.0 Å². The Labute approximate surface area is 288 Å². The summed E-state index contributed by atoms with van der Waals surface area (Å²) in [6, 6.07) is 32.3. The summed E-state index contributed by atoms with van der Waals surface area (Å²) in [7, 11) is 4.07. The van der Waals surface area contributed by atoms with Crippen LogP contribution in [0.15, 0.2) is 103 Å². The number of aliphatic hydroxyl groups is 1. The standard InChI is InChI=1S/C41H46N4O4/c1-28-23-45(29(2)27-46)41(48)22-33-20-35(42-40(47)21-34-25-44(4)37-13-9-8-12-36(34)37)18-19-38(33)49-39(28)26-43(3)24-30-14-16-32(17-15-30)31-10-6-5-7-11-31/h5-20,25,28-29,39,46H,21-24,26-27H2,1-4H3,(H,42,47)/t28-,29+,39+/m0/s1. The van der Waals surface area contributed by atoms with Crippen LogP contribution in [0, 0.1) is 5.92 Å². The lowest BCUT2D eigenvalue weighted by atomic mass is 10.0. The van der Waals surface area contributed by atoms with Crippen LogP contribution in [0.2, 0.25) is 0 Å². The second-order valence-electron chi connectivity index (χ2n) is 13.5. The maximum Gasteiger partial charge on any atom is 0.228 e. The van der Waals surface area contributed by atoms with Gasteiger partial charge in [-0.1, -0.05) is 79.7 Å². The molecule has 2 amide bonds. The topological polar surface area (TPSA) is 87.0 Å². The summed E-state index contributed by atoms with van der Waals surface area (Å²) in [5.41, 5.74) is 6.94. The molecule has 0 saturated carbocycles. The number of carbonyl (C=O) groups excluding carboxylic acids is 2. The van der Waals surface area contributed by atoms with Gasteiger partial charge in [-0.2, -0.15) is 0 Å². The molecule has 49 heavy (non-hydrogen) atoms. The smallest absolute Gasteiger partial charge is 0.228 e. The van der Waals surface area contributed by atoms with Crippen LogP contribution in [0.1, 0.15) is 30.5 Å². The lowest BCUT2D eigenvalue weighted by Crippen LogP contribution is -2.47. The van der Waals surface area contributed by atoms with Crippen molar-refractivity contribution < 1.29 is 19.4 Å². The van der Waals surface area contributed by atoms with E-state index >= 15 is 0 Å². The molecule has 5 aromatic rings. The Bertz CT molecular complexity index is 1900. The van der Waals surface area contributed by atoms with E-state index in [1.54, 1.807) is 4.90 Å². The quantitative estimate of drug-likeness (QED) is 0.184. The Balaban J connectivity index is 1.19. The first-order valence-electron chi connectivity index (χ1n) is 17.0. The maximum atomic E-state index is 13.7. The minimum absolute atomic E-state index is 0.00752. The van der Waals surface area contributed by atoms with Crippen LogP contribution in [0.25, 0.3) is 22.0 Å². The number of aliphatic hydroxyl groups excluding tert-OH is 1. The summed E-state index contributed by atoms with van der Waals surface area (Å²) in [4.78, 5) is 30.9. The van der Waals surface area contributed by atoms with Crippen molar-refractivity contribution in [2.24, 2.45) is 13.0 Å². The van der Waals surface area contributed by atoms with Crippen molar-refractivity contribution in [1.82, 2.24) is 14.4 Å². The lowest BCUT2D eigenvalue weighted by Gasteiger charge is -2.34. The van der Waals surface area contributed by atoms with Crippen molar-refractivity contribution in [1.29, 1.82) is 0 Å². The van der Waals surface area contributed by atoms with Gasteiger partial charge in [0.2, 0.25) is 11.8 Å². The van der Waals surface area contributed by atoms with Crippen LogP contribution in [0.5, 0.6) is 5.75 Å². The summed E-state index contributed by atoms with van der Waals surface area (Å²) >= 11 is 0. The van der Waals surface area contributed by atoms with Gasteiger partial charge in [0.25, 0.3) is 0 Å². The Hall–Kier alpha value is -4.92. The largest absolute Gasteiger partial charge is 0.488 e. The minimum atomic E-state index is -0.332. The Morgan fingerprint density at radius 1 is 1.00 bits per heavy atom. The van der Waals surface area contributed by atoms with E-state index in [9.17, 15) is 14.7 Å². The molecule has 1 aliphatic rings. The van der Waals surface area contributed by atoms with E-state index in [4.69, 9.17) is 4.74 Å². The second-order valence-corrected chi connectivity index (χ2v) is 13.5. The minimum Gasteiger partial charge on any atom is -0.488 e. The van der Waals surface area contributed by atoms with Gasteiger partial charge in [0.05, 0.1) is 25.5 Å². The number of rotatable bonds is 10. The number of para-hydroxylation sites is 1. The zero-order valence-corrected chi connectivity index (χ0v) is 28.8. The van der Waals surface area contributed by atoms with Gasteiger partial charge in [0, 0.05) is 61.0 Å². The third-order valence-electron chi connectivity index (χ3n) is 9.54. The van der Waals surface area contributed by atoms with Gasteiger partial charge in [-0.3, -0.25) is 14.5 Å². The number of nitrogens with zero attached hydrogens (tertiary/aromatic N) is 3. The van der Waals surface area contributed by atoms with Crippen molar-refractivity contribution >= 4 is 28.4 Å². The first-order valence-corrected chi connectivity index (χ1v) is 17.0. The zero-order chi connectivity index (χ0) is 34.5. The summed E-state index contributed by atoms with van der Waals surface area (Å²) in [5.74, 6) is 0.417. The Morgan fingerprint density at radius 2 is 1.71 bits per heavy atom. The van der Waals surface area contributed by atoms with Gasteiger partial charge in [0.1, 0.15) is 11.9 Å². The van der Waals surface area contributed by atoms with Crippen molar-refractivity contribution in [3.05, 3.63) is 120 Å². The third kappa shape index (κ3) is 8.04. The predicted molar refractivity (Wildman–Crippen MR) is 195 cm³/mol. The number of benzene rings is 4. The number of amides is 2. The number of hydrogen-bond donors (Lipinski definition) is 2. The van der Waals surface area contributed by atoms with Crippen LogP contribution in [0.4, 0.5) is 5.69 Å². The maximum absolute atomic E-state index is 13.7. The number of likely N-dealkylation sites (N-methyl/N-ethyl adjacent to an activating group) is 1. The fourth-order valence-corrected chi connectivity index (χ4v) is 6.79. The average molecular weight is 659 g/mol. The highest BCUT2D eigenvalue weighted by atomic mass is 16.5. The monoisotopic (exact) mass is 658 g/mol. The van der Waals surface area contributed by atoms with E-state index in [0.717, 1.165) is 23.0 Å². The first-order chi connectivity index (χ1) is 23.7. The zero-order valence-electron chi connectivity index (χ0n) is 28.8. The number of ether oxygens (including phenoxy) is 1. The molecule has 1 aliphatic heterocycles. The molecule has 0 fully saturated rings. The molecule has 254 valence electrons. The molecule has 6 rings (SSSR count). The van der Waals surface area contributed by atoms with Crippen LogP contribution < -0.4 is 10.1 Å². The number of fused-ring (bicyclic) bond motifs is 2. The summed E-state index contributed by atoms with van der Waals surface area (Å²) in [6.07, 6.45) is 2.11. The van der Waals surface area contributed by atoms with E-state index < -0.39 is 0 Å². The number of carbonyl (C=O) groups is 2. The molecule has 0 aliphatic carbocycles. The van der Waals surface area contributed by atoms with Gasteiger partial charge in [-0.25, -0.2) is 0 Å². The Kier molecular flexibility index (Phi) is 10.5. The molecule has 0 unspecified atom stereocenters. The van der Waals surface area contributed by atoms with Gasteiger partial charge in [-0.05, 0) is 60.5 Å². The third-order valence-corrected chi connectivity index (χ3v) is 9.54. The first kappa shape index (κ1) is 34.0. The number of aromatic nitrogens is 1. The summed E-state index contributed by atoms with van der Waals surface area (Å²) in [5, 5.41) is 14.1. The Morgan fingerprint density at radius 3 is 2.47 bits per heavy atom. The highest BCUT2D eigenvalue weighted by Crippen LogP contribution is 2.30. The predicted octanol–water partition coefficient (Wildman–Crippen LogP) is 6.31. The average Bonchev–Trinajstić information content (AvgIpc) is 3.43. The lowest BCUT2D eigenvalue weighted by molar-refractivity contribution is -0.134. The highest BCUT2D eigenvalue weighted by Gasteiger charge is 2.31.